The van der Waals surface area contributed by atoms with Crippen molar-refractivity contribution in [3.05, 3.63) is 65.4 Å². The lowest BCUT2D eigenvalue weighted by Gasteiger charge is -2.09. The minimum Gasteiger partial charge on any atom is -0.452 e. The average Bonchev–Trinajstić information content (AvgIpc) is 3.41. The van der Waals surface area contributed by atoms with Crippen molar-refractivity contribution in [3.63, 3.8) is 0 Å². The molecule has 7 nitrogen and oxygen atoms in total. The van der Waals surface area contributed by atoms with E-state index in [0.717, 1.165) is 4.88 Å². The predicted molar refractivity (Wildman–Crippen MR) is 112 cm³/mol. The number of thiophene rings is 1. The number of rotatable bonds is 6. The molecule has 0 saturated carbocycles. The number of nitrogens with zero attached hydrogens (tertiary/aromatic N) is 3. The highest BCUT2D eigenvalue weighted by Crippen LogP contribution is 2.28. The van der Waals surface area contributed by atoms with E-state index in [4.69, 9.17) is 4.74 Å². The van der Waals surface area contributed by atoms with Gasteiger partial charge in [0.15, 0.2) is 12.3 Å². The van der Waals surface area contributed by atoms with Crippen LogP contribution < -0.4 is 5.32 Å². The summed E-state index contributed by atoms with van der Waals surface area (Å²) in [5, 5.41) is 9.24. The Kier molecular flexibility index (Phi) is 5.53. The minimum absolute atomic E-state index is 0.279. The quantitative estimate of drug-likeness (QED) is 0.471. The van der Waals surface area contributed by atoms with Gasteiger partial charge in [-0.15, -0.1) is 11.3 Å². The number of aryl methyl sites for hydroxylation is 1. The third-order valence-corrected chi connectivity index (χ3v) is 5.24. The Bertz CT molecular complexity index is 1220. The van der Waals surface area contributed by atoms with Crippen molar-refractivity contribution < 1.29 is 18.7 Å². The highest BCUT2D eigenvalue weighted by atomic mass is 32.1. The first-order valence-electron chi connectivity index (χ1n) is 9.18. The molecule has 30 heavy (non-hydrogen) atoms. The second kappa shape index (κ2) is 8.42. The van der Waals surface area contributed by atoms with E-state index >= 15 is 0 Å². The van der Waals surface area contributed by atoms with E-state index in [1.807, 2.05) is 24.4 Å². The van der Waals surface area contributed by atoms with Gasteiger partial charge in [-0.3, -0.25) is 4.79 Å². The molecule has 3 aromatic heterocycles. The van der Waals surface area contributed by atoms with Gasteiger partial charge in [-0.05, 0) is 42.6 Å². The molecule has 0 aliphatic rings. The summed E-state index contributed by atoms with van der Waals surface area (Å²) in [4.78, 5) is 30.4. The number of halogens is 1. The van der Waals surface area contributed by atoms with Crippen LogP contribution in [-0.4, -0.2) is 33.2 Å². The van der Waals surface area contributed by atoms with Crippen LogP contribution >= 0.6 is 11.3 Å². The summed E-state index contributed by atoms with van der Waals surface area (Å²) in [6.07, 6.45) is 1.56. The summed E-state index contributed by atoms with van der Waals surface area (Å²) in [6.45, 7) is 2.02. The fourth-order valence-electron chi connectivity index (χ4n) is 2.97. The molecule has 1 amide bonds. The van der Waals surface area contributed by atoms with Crippen LogP contribution in [0, 0.1) is 5.82 Å². The topological polar surface area (TPSA) is 86.1 Å². The summed E-state index contributed by atoms with van der Waals surface area (Å²) in [5.41, 5.74) is 1.76. The summed E-state index contributed by atoms with van der Waals surface area (Å²) >= 11 is 1.50. The zero-order valence-corrected chi connectivity index (χ0v) is 16.8. The fourth-order valence-corrected chi connectivity index (χ4v) is 3.66. The standard InChI is InChI=1S/C21H17FN4O3S/c1-2-26-20-16(11-23-26)15(10-17(25-20)18-7-4-8-30-18)21(28)29-12-19(27)24-14-6-3-5-13(22)9-14/h3-11H,2,12H2,1H3,(H,24,27). The summed E-state index contributed by atoms with van der Waals surface area (Å²) in [6, 6.07) is 10.9. The molecule has 0 radical (unpaired) electrons. The van der Waals surface area contributed by atoms with Crippen LogP contribution in [0.2, 0.25) is 0 Å². The van der Waals surface area contributed by atoms with Crippen LogP contribution in [0.1, 0.15) is 17.3 Å². The lowest BCUT2D eigenvalue weighted by atomic mass is 10.1. The molecule has 0 aliphatic heterocycles. The van der Waals surface area contributed by atoms with Crippen molar-refractivity contribution in [3.8, 4) is 10.6 Å². The first-order valence-corrected chi connectivity index (χ1v) is 10.1. The van der Waals surface area contributed by atoms with Gasteiger partial charge in [0, 0.05) is 12.2 Å². The van der Waals surface area contributed by atoms with E-state index in [1.54, 1.807) is 23.0 Å². The van der Waals surface area contributed by atoms with Crippen molar-refractivity contribution in [2.24, 2.45) is 0 Å². The maximum absolute atomic E-state index is 13.2. The first-order chi connectivity index (χ1) is 14.5. The highest BCUT2D eigenvalue weighted by molar-refractivity contribution is 7.13. The first kappa shape index (κ1) is 19.7. The number of anilines is 1. The fraction of sp³-hybridized carbons (Fsp3) is 0.143. The van der Waals surface area contributed by atoms with E-state index in [9.17, 15) is 14.0 Å². The van der Waals surface area contributed by atoms with Crippen LogP contribution in [-0.2, 0) is 16.1 Å². The van der Waals surface area contributed by atoms with E-state index in [1.165, 1.54) is 29.5 Å². The second-order valence-corrected chi connectivity index (χ2v) is 7.31. The molecular formula is C21H17FN4O3S. The molecule has 0 fully saturated rings. The number of ether oxygens (including phenoxy) is 1. The number of pyridine rings is 1. The Balaban J connectivity index is 1.56. The second-order valence-electron chi connectivity index (χ2n) is 6.36. The molecule has 0 aliphatic carbocycles. The lowest BCUT2D eigenvalue weighted by Crippen LogP contribution is -2.21. The number of aromatic nitrogens is 3. The van der Waals surface area contributed by atoms with E-state index in [-0.39, 0.29) is 11.3 Å². The number of esters is 1. The largest absolute Gasteiger partial charge is 0.452 e. The summed E-state index contributed by atoms with van der Waals surface area (Å²) in [5.74, 6) is -1.70. The zero-order valence-electron chi connectivity index (χ0n) is 16.0. The molecule has 3 heterocycles. The van der Waals surface area contributed by atoms with Gasteiger partial charge in [0.2, 0.25) is 0 Å². The molecule has 0 spiro atoms. The van der Waals surface area contributed by atoms with Crippen LogP contribution in [0.25, 0.3) is 21.6 Å². The molecule has 1 aromatic carbocycles. The lowest BCUT2D eigenvalue weighted by molar-refractivity contribution is -0.119. The number of carbonyl (C=O) groups excluding carboxylic acids is 2. The Morgan fingerprint density at radius 1 is 1.23 bits per heavy atom. The number of amides is 1. The molecule has 9 heteroatoms. The van der Waals surface area contributed by atoms with Gasteiger partial charge in [-0.2, -0.15) is 5.10 Å². The third kappa shape index (κ3) is 4.06. The van der Waals surface area contributed by atoms with Gasteiger partial charge in [0.25, 0.3) is 5.91 Å². The van der Waals surface area contributed by atoms with Gasteiger partial charge in [-0.25, -0.2) is 18.9 Å². The van der Waals surface area contributed by atoms with Crippen molar-refractivity contribution >= 4 is 39.9 Å². The molecular weight excluding hydrogens is 407 g/mol. The van der Waals surface area contributed by atoms with Gasteiger partial charge in [-0.1, -0.05) is 12.1 Å². The van der Waals surface area contributed by atoms with E-state index in [0.29, 0.717) is 23.3 Å². The SMILES string of the molecule is CCn1ncc2c(C(=O)OCC(=O)Nc3cccc(F)c3)cc(-c3cccs3)nc21. The molecule has 0 saturated heterocycles. The van der Waals surface area contributed by atoms with E-state index in [2.05, 4.69) is 15.4 Å². The number of benzene rings is 1. The molecule has 0 atom stereocenters. The van der Waals surface area contributed by atoms with Crippen molar-refractivity contribution in [1.82, 2.24) is 14.8 Å². The van der Waals surface area contributed by atoms with Gasteiger partial charge >= 0.3 is 5.97 Å². The van der Waals surface area contributed by atoms with Crippen molar-refractivity contribution in [1.29, 1.82) is 0 Å². The maximum Gasteiger partial charge on any atom is 0.339 e. The molecule has 152 valence electrons. The van der Waals surface area contributed by atoms with Crippen LogP contribution in [0.3, 0.4) is 0 Å². The Morgan fingerprint density at radius 2 is 2.10 bits per heavy atom. The van der Waals surface area contributed by atoms with Gasteiger partial charge in [0.1, 0.15) is 5.82 Å². The normalized spacial score (nSPS) is 10.9. The summed E-state index contributed by atoms with van der Waals surface area (Å²) in [7, 11) is 0. The molecule has 4 rings (SSSR count). The minimum atomic E-state index is -0.662. The molecule has 4 aromatic rings. The number of carbonyl (C=O) groups is 2. The smallest absolute Gasteiger partial charge is 0.339 e. The molecule has 0 unspecified atom stereocenters. The Labute approximate surface area is 175 Å². The molecule has 0 bridgehead atoms. The number of hydrogen-bond donors (Lipinski definition) is 1. The van der Waals surface area contributed by atoms with E-state index < -0.39 is 24.3 Å². The third-order valence-electron chi connectivity index (χ3n) is 4.34. The zero-order chi connectivity index (χ0) is 21.1. The number of hydrogen-bond acceptors (Lipinski definition) is 6. The Hall–Kier alpha value is -3.59. The van der Waals surface area contributed by atoms with Gasteiger partial charge in [0.05, 0.1) is 27.7 Å². The number of nitrogens with one attached hydrogen (secondary N) is 1. The molecule has 1 N–H and O–H groups in total. The van der Waals surface area contributed by atoms with Crippen molar-refractivity contribution in [2.75, 3.05) is 11.9 Å². The average molecular weight is 424 g/mol. The summed E-state index contributed by atoms with van der Waals surface area (Å²) < 4.78 is 20.1. The highest BCUT2D eigenvalue weighted by Gasteiger charge is 2.19. The van der Waals surface area contributed by atoms with Gasteiger partial charge < -0.3 is 10.1 Å². The number of fused-ring (bicyclic) bond motifs is 1. The maximum atomic E-state index is 13.2. The Morgan fingerprint density at radius 3 is 2.83 bits per heavy atom. The monoisotopic (exact) mass is 424 g/mol. The van der Waals surface area contributed by atoms with Crippen LogP contribution in [0.15, 0.2) is 54.0 Å². The van der Waals surface area contributed by atoms with Crippen LogP contribution in [0.5, 0.6) is 0 Å². The van der Waals surface area contributed by atoms with Crippen molar-refractivity contribution in [2.45, 2.75) is 13.5 Å². The van der Waals surface area contributed by atoms with Crippen LogP contribution in [0.4, 0.5) is 10.1 Å². The predicted octanol–water partition coefficient (Wildman–Crippen LogP) is 4.11.